The Morgan fingerprint density at radius 2 is 0.986 bits per heavy atom. The molecule has 376 valence electrons. The van der Waals surface area contributed by atoms with Gasteiger partial charge in [-0.1, -0.05) is 24.9 Å². The van der Waals surface area contributed by atoms with Crippen LogP contribution in [0.4, 0.5) is 44.2 Å². The minimum absolute atomic E-state index is 0.0110. The van der Waals surface area contributed by atoms with Crippen molar-refractivity contribution in [2.75, 3.05) is 48.7 Å². The molecule has 12 nitrogen and oxygen atoms in total. The normalized spacial score (nSPS) is 10.4. The van der Waals surface area contributed by atoms with E-state index in [1.165, 1.54) is 33.9 Å². The van der Waals surface area contributed by atoms with Crippen molar-refractivity contribution in [2.24, 2.45) is 0 Å². The lowest BCUT2D eigenvalue weighted by molar-refractivity contribution is -0.384. The van der Waals surface area contributed by atoms with Gasteiger partial charge in [-0.05, 0) is 236 Å². The van der Waals surface area contributed by atoms with Gasteiger partial charge in [-0.3, -0.25) is 24.5 Å². The molecule has 0 unspecified atom stereocenters. The van der Waals surface area contributed by atoms with Crippen molar-refractivity contribution in [1.82, 2.24) is 15.1 Å². The monoisotopic (exact) mass is 1320 g/mol. The van der Waals surface area contributed by atoms with E-state index < -0.39 is 4.92 Å². The van der Waals surface area contributed by atoms with Gasteiger partial charge in [-0.25, -0.2) is 4.39 Å². The van der Waals surface area contributed by atoms with E-state index in [1.54, 1.807) is 28.0 Å². The van der Waals surface area contributed by atoms with Gasteiger partial charge in [0.05, 0.1) is 38.7 Å². The number of aryl methyl sites for hydroxylation is 3. The van der Waals surface area contributed by atoms with Crippen molar-refractivity contribution in [1.29, 1.82) is 0 Å². The lowest BCUT2D eigenvalue weighted by Crippen LogP contribution is -2.31. The number of rotatable bonds is 17. The van der Waals surface area contributed by atoms with E-state index in [0.29, 0.717) is 65.8 Å². The van der Waals surface area contributed by atoms with Gasteiger partial charge in [0, 0.05) is 77.7 Å². The molecular weight excluding hydrogens is 1260 g/mol. The number of anilines is 6. The first kappa shape index (κ1) is 58.5. The third-order valence-electron chi connectivity index (χ3n) is 11.2. The molecule has 6 rings (SSSR count). The van der Waals surface area contributed by atoms with Crippen molar-refractivity contribution in [3.05, 3.63) is 174 Å². The molecular formula is C54H60ClFI3N7O5. The molecule has 0 aliphatic heterocycles. The second-order valence-corrected chi connectivity index (χ2v) is 20.4. The lowest BCUT2D eigenvalue weighted by Gasteiger charge is -2.21. The van der Waals surface area contributed by atoms with E-state index >= 15 is 0 Å². The number of nitro benzene ring substituents is 1. The fraction of sp³-hybridized carbons (Fsp3) is 0.278. The first-order valence-electron chi connectivity index (χ1n) is 23.2. The molecule has 71 heavy (non-hydrogen) atoms. The summed E-state index contributed by atoms with van der Waals surface area (Å²) >= 11 is 12.9. The predicted octanol–water partition coefficient (Wildman–Crippen LogP) is 15.2. The van der Waals surface area contributed by atoms with Crippen molar-refractivity contribution in [3.8, 4) is 0 Å². The van der Waals surface area contributed by atoms with Crippen molar-refractivity contribution < 1.29 is 23.7 Å². The van der Waals surface area contributed by atoms with Gasteiger partial charge in [0.15, 0.2) is 0 Å². The molecule has 0 atom stereocenters. The highest BCUT2D eigenvalue weighted by Gasteiger charge is 2.22. The number of carbonyl (C=O) groups is 3. The number of hydrogen-bond donors (Lipinski definition) is 4. The van der Waals surface area contributed by atoms with Crippen LogP contribution in [0.5, 0.6) is 0 Å². The van der Waals surface area contributed by atoms with Crippen LogP contribution < -0.4 is 21.3 Å². The number of nitrogens with zero attached hydrogens (tertiary/aromatic N) is 3. The summed E-state index contributed by atoms with van der Waals surface area (Å²) in [6, 6.07) is 31.9. The number of amides is 3. The number of halogens is 5. The number of hydrogen-bond acceptors (Lipinski definition) is 8. The van der Waals surface area contributed by atoms with E-state index in [2.05, 4.69) is 102 Å². The molecule has 0 radical (unpaired) electrons. The molecule has 0 saturated carbocycles. The number of unbranched alkanes of at least 4 members (excludes halogenated alkanes) is 1. The molecule has 0 aliphatic rings. The molecule has 6 aromatic rings. The Hall–Kier alpha value is -5.06. The maximum absolute atomic E-state index is 13.6. The lowest BCUT2D eigenvalue weighted by atomic mass is 10.1. The fourth-order valence-electron chi connectivity index (χ4n) is 7.13. The van der Waals surface area contributed by atoms with E-state index in [-0.39, 0.29) is 29.2 Å². The van der Waals surface area contributed by atoms with E-state index in [0.717, 1.165) is 59.4 Å². The highest BCUT2D eigenvalue weighted by molar-refractivity contribution is 14.1. The molecule has 0 aliphatic carbocycles. The Morgan fingerprint density at radius 1 is 0.563 bits per heavy atom. The van der Waals surface area contributed by atoms with Gasteiger partial charge in [-0.15, -0.1) is 0 Å². The van der Waals surface area contributed by atoms with Gasteiger partial charge >= 0.3 is 0 Å². The summed E-state index contributed by atoms with van der Waals surface area (Å²) in [6.45, 7) is 18.8. The van der Waals surface area contributed by atoms with E-state index in [9.17, 15) is 28.9 Å². The van der Waals surface area contributed by atoms with Crippen LogP contribution in [0.25, 0.3) is 0 Å². The minimum Gasteiger partial charge on any atom is -0.355 e. The highest BCUT2D eigenvalue weighted by atomic mass is 127. The number of benzene rings is 6. The standard InChI is InChI=1S/C18H20ClIN2O.C18H20FIN2O.C18H20IN3O3/c1-4-22(5-2)18(23)15-11-13(19)6-8-17(15)21-16-9-7-14(20)10-12(16)3;1-3-4-9-21-18(23)15-7-5-13(19)11-17(15)22-16-8-6-14(20)10-12(16)2;1-4-21(5-2)18(23)15-11-14(22(24)25)7-9-17(15)20-16-8-6-13(19)10-12(16)3/h6-11,21H,4-5H2,1-3H3;5-8,10-11,22H,3-4,9H2,1-2H3,(H,21,23);6-11,20H,4-5H2,1-3H3. The van der Waals surface area contributed by atoms with Crippen LogP contribution >= 0.6 is 79.4 Å². The van der Waals surface area contributed by atoms with Gasteiger partial charge in [-0.2, -0.15) is 0 Å². The molecule has 0 saturated heterocycles. The summed E-state index contributed by atoms with van der Waals surface area (Å²) in [7, 11) is 0. The average Bonchev–Trinajstić information content (AvgIpc) is 3.33. The fourth-order valence-corrected chi connectivity index (χ4v) is 9.24. The Bertz CT molecular complexity index is 2830. The van der Waals surface area contributed by atoms with Crippen LogP contribution in [-0.2, 0) is 0 Å². The molecule has 0 bridgehead atoms. The number of nitrogens with one attached hydrogen (secondary N) is 4. The first-order valence-corrected chi connectivity index (χ1v) is 26.8. The largest absolute Gasteiger partial charge is 0.355 e. The zero-order chi connectivity index (χ0) is 52.4. The van der Waals surface area contributed by atoms with Crippen molar-refractivity contribution >= 4 is 137 Å². The Labute approximate surface area is 462 Å². The van der Waals surface area contributed by atoms with Crippen molar-refractivity contribution in [2.45, 2.75) is 68.2 Å². The van der Waals surface area contributed by atoms with Crippen LogP contribution in [0, 0.1) is 47.4 Å². The maximum atomic E-state index is 13.6. The van der Waals surface area contributed by atoms with Crippen LogP contribution in [0.15, 0.2) is 109 Å². The maximum Gasteiger partial charge on any atom is 0.270 e. The minimum atomic E-state index is -0.487. The van der Waals surface area contributed by atoms with Crippen LogP contribution in [0.3, 0.4) is 0 Å². The second-order valence-electron chi connectivity index (χ2n) is 16.2. The van der Waals surface area contributed by atoms with Crippen LogP contribution in [-0.4, -0.2) is 65.2 Å². The summed E-state index contributed by atoms with van der Waals surface area (Å²) in [4.78, 5) is 51.9. The highest BCUT2D eigenvalue weighted by Crippen LogP contribution is 2.31. The number of nitro groups is 1. The molecule has 4 N–H and O–H groups in total. The molecule has 0 aromatic heterocycles. The molecule has 6 aromatic carbocycles. The van der Waals surface area contributed by atoms with Crippen LogP contribution in [0.2, 0.25) is 5.02 Å². The SMILES string of the molecule is CCCCNC(=O)c1ccc(F)cc1Nc1ccc(I)cc1C.CCN(CC)C(=O)c1cc(Cl)ccc1Nc1ccc(I)cc1C.CCN(CC)C(=O)c1cc([N+](=O)[O-])ccc1Nc1ccc(I)cc1C. The van der Waals surface area contributed by atoms with Crippen molar-refractivity contribution in [3.63, 3.8) is 0 Å². The molecule has 0 spiro atoms. The summed E-state index contributed by atoms with van der Waals surface area (Å²) in [6.07, 6.45) is 1.93. The summed E-state index contributed by atoms with van der Waals surface area (Å²) in [5, 5.41) is 24.3. The molecule has 0 heterocycles. The second kappa shape index (κ2) is 28.8. The van der Waals surface area contributed by atoms with Gasteiger partial charge in [0.1, 0.15) is 5.82 Å². The smallest absolute Gasteiger partial charge is 0.270 e. The summed E-state index contributed by atoms with van der Waals surface area (Å²) < 4.78 is 17.0. The Balaban J connectivity index is 0.000000232. The predicted molar refractivity (Wildman–Crippen MR) is 314 cm³/mol. The average molecular weight is 1320 g/mol. The molecule has 3 amide bonds. The number of non-ortho nitro benzene ring substituents is 1. The van der Waals surface area contributed by atoms with Gasteiger partial charge < -0.3 is 31.1 Å². The molecule has 17 heteroatoms. The quantitative estimate of drug-likeness (QED) is 0.0305. The zero-order valence-electron chi connectivity index (χ0n) is 41.1. The van der Waals surface area contributed by atoms with E-state index in [1.807, 2.05) is 103 Å². The van der Waals surface area contributed by atoms with Gasteiger partial charge in [0.2, 0.25) is 0 Å². The van der Waals surface area contributed by atoms with Crippen LogP contribution in [0.1, 0.15) is 95.2 Å². The third-order valence-corrected chi connectivity index (χ3v) is 13.4. The zero-order valence-corrected chi connectivity index (χ0v) is 48.3. The topological polar surface area (TPSA) is 149 Å². The molecule has 0 fully saturated rings. The van der Waals surface area contributed by atoms with Gasteiger partial charge in [0.25, 0.3) is 23.4 Å². The Kier molecular flexibility index (Phi) is 23.8. The summed E-state index contributed by atoms with van der Waals surface area (Å²) in [5.74, 6) is -0.799. The third kappa shape index (κ3) is 17.3. The Morgan fingerprint density at radius 3 is 1.41 bits per heavy atom. The first-order chi connectivity index (χ1) is 33.8. The van der Waals surface area contributed by atoms with E-state index in [4.69, 9.17) is 11.6 Å². The summed E-state index contributed by atoms with van der Waals surface area (Å²) in [5.41, 5.74) is 8.97. The number of carbonyl (C=O) groups excluding carboxylic acids is 3.